The maximum absolute atomic E-state index is 5.99. The van der Waals surface area contributed by atoms with E-state index in [9.17, 15) is 0 Å². The Morgan fingerprint density at radius 3 is 2.94 bits per heavy atom. The van der Waals surface area contributed by atoms with Gasteiger partial charge in [0.2, 0.25) is 0 Å². The van der Waals surface area contributed by atoms with Gasteiger partial charge in [-0.1, -0.05) is 6.92 Å². The Kier molecular flexibility index (Phi) is 3.41. The molecule has 1 N–H and O–H groups in total. The lowest BCUT2D eigenvalue weighted by Crippen LogP contribution is -2.49. The number of fused-ring (bicyclic) bond motifs is 1. The summed E-state index contributed by atoms with van der Waals surface area (Å²) in [6.45, 7) is 11.7. The number of nitrogens with one attached hydrogen (secondary N) is 1. The zero-order chi connectivity index (χ0) is 12.8. The van der Waals surface area contributed by atoms with Crippen LogP contribution in [-0.2, 0) is 4.74 Å². The molecule has 5 atom stereocenters. The number of rotatable bonds is 2. The van der Waals surface area contributed by atoms with Gasteiger partial charge in [-0.05, 0) is 58.0 Å². The molecule has 0 aliphatic carbocycles. The average molecular weight is 252 g/mol. The Morgan fingerprint density at radius 2 is 2.22 bits per heavy atom. The van der Waals surface area contributed by atoms with Gasteiger partial charge in [0.1, 0.15) is 0 Å². The van der Waals surface area contributed by atoms with Crippen molar-refractivity contribution in [2.75, 3.05) is 26.2 Å². The summed E-state index contributed by atoms with van der Waals surface area (Å²) in [4.78, 5) is 2.80. The third kappa shape index (κ3) is 2.10. The molecule has 104 valence electrons. The highest BCUT2D eigenvalue weighted by Gasteiger charge is 2.46. The van der Waals surface area contributed by atoms with E-state index in [1.54, 1.807) is 0 Å². The summed E-state index contributed by atoms with van der Waals surface area (Å²) < 4.78 is 5.99. The van der Waals surface area contributed by atoms with Crippen molar-refractivity contribution in [3.63, 3.8) is 0 Å². The number of ether oxygens (including phenoxy) is 1. The molecule has 3 aliphatic heterocycles. The Balaban J connectivity index is 1.68. The molecule has 0 spiro atoms. The average Bonchev–Trinajstić information content (AvgIpc) is 2.93. The minimum Gasteiger partial charge on any atom is -0.375 e. The lowest BCUT2D eigenvalue weighted by molar-refractivity contribution is -0.0984. The molecule has 0 radical (unpaired) electrons. The molecule has 0 saturated carbocycles. The third-order valence-electron chi connectivity index (χ3n) is 5.77. The van der Waals surface area contributed by atoms with Gasteiger partial charge in [-0.25, -0.2) is 0 Å². The highest BCUT2D eigenvalue weighted by Crippen LogP contribution is 2.38. The zero-order valence-corrected chi connectivity index (χ0v) is 12.1. The van der Waals surface area contributed by atoms with Gasteiger partial charge >= 0.3 is 0 Å². The molecular weight excluding hydrogens is 224 g/mol. The van der Waals surface area contributed by atoms with Crippen LogP contribution >= 0.6 is 0 Å². The Bertz CT molecular complexity index is 309. The lowest BCUT2D eigenvalue weighted by atomic mass is 9.88. The van der Waals surface area contributed by atoms with Crippen molar-refractivity contribution in [2.24, 2.45) is 11.8 Å². The fourth-order valence-electron chi connectivity index (χ4n) is 4.31. The summed E-state index contributed by atoms with van der Waals surface area (Å²) in [7, 11) is 0. The second-order valence-electron chi connectivity index (χ2n) is 6.82. The minimum absolute atomic E-state index is 0.124. The molecule has 0 amide bonds. The second kappa shape index (κ2) is 4.77. The maximum atomic E-state index is 5.99. The van der Waals surface area contributed by atoms with Crippen molar-refractivity contribution in [2.45, 2.75) is 57.7 Å². The van der Waals surface area contributed by atoms with Crippen LogP contribution in [0.3, 0.4) is 0 Å². The van der Waals surface area contributed by atoms with Crippen LogP contribution in [0.25, 0.3) is 0 Å². The van der Waals surface area contributed by atoms with Crippen LogP contribution in [0, 0.1) is 11.8 Å². The van der Waals surface area contributed by atoms with Crippen LogP contribution in [0.4, 0.5) is 0 Å². The summed E-state index contributed by atoms with van der Waals surface area (Å²) in [6, 6.07) is 1.51. The first-order valence-electron chi connectivity index (χ1n) is 7.73. The minimum atomic E-state index is 0.124. The molecule has 0 aromatic heterocycles. The van der Waals surface area contributed by atoms with Gasteiger partial charge in [-0.3, -0.25) is 4.90 Å². The van der Waals surface area contributed by atoms with E-state index in [1.807, 2.05) is 0 Å². The first-order chi connectivity index (χ1) is 8.63. The standard InChI is InChI=1S/C15H28N2O/c1-4-15(3)7-13(5-6-18-15)17-10-12-8-16-9-14(12)11(17)2/h11-14,16H,4-10H2,1-3H3. The molecule has 3 rings (SSSR count). The second-order valence-corrected chi connectivity index (χ2v) is 6.82. The van der Waals surface area contributed by atoms with Crippen LogP contribution in [-0.4, -0.2) is 48.8 Å². The van der Waals surface area contributed by atoms with Crippen molar-refractivity contribution in [1.82, 2.24) is 10.2 Å². The summed E-state index contributed by atoms with van der Waals surface area (Å²) in [5.41, 5.74) is 0.124. The van der Waals surface area contributed by atoms with Crippen molar-refractivity contribution >= 4 is 0 Å². The van der Waals surface area contributed by atoms with Crippen molar-refractivity contribution in [1.29, 1.82) is 0 Å². The lowest BCUT2D eigenvalue weighted by Gasteiger charge is -2.43. The van der Waals surface area contributed by atoms with Gasteiger partial charge in [0.05, 0.1) is 5.60 Å². The fraction of sp³-hybridized carbons (Fsp3) is 1.00. The molecule has 5 unspecified atom stereocenters. The molecule has 0 aromatic carbocycles. The van der Waals surface area contributed by atoms with E-state index < -0.39 is 0 Å². The Labute approximate surface area is 111 Å². The van der Waals surface area contributed by atoms with E-state index in [2.05, 4.69) is 31.0 Å². The van der Waals surface area contributed by atoms with Gasteiger partial charge in [-0.15, -0.1) is 0 Å². The summed E-state index contributed by atoms with van der Waals surface area (Å²) in [5.74, 6) is 1.79. The zero-order valence-electron chi connectivity index (χ0n) is 12.1. The van der Waals surface area contributed by atoms with E-state index in [1.165, 1.54) is 32.5 Å². The quantitative estimate of drug-likeness (QED) is 0.812. The predicted molar refractivity (Wildman–Crippen MR) is 73.7 cm³/mol. The molecule has 3 heterocycles. The Hall–Kier alpha value is -0.120. The number of hydrogen-bond donors (Lipinski definition) is 1. The molecule has 0 bridgehead atoms. The van der Waals surface area contributed by atoms with Crippen LogP contribution in [0.15, 0.2) is 0 Å². The van der Waals surface area contributed by atoms with Gasteiger partial charge in [-0.2, -0.15) is 0 Å². The van der Waals surface area contributed by atoms with Gasteiger partial charge in [0, 0.05) is 25.2 Å². The number of hydrogen-bond acceptors (Lipinski definition) is 3. The molecule has 3 fully saturated rings. The van der Waals surface area contributed by atoms with Crippen LogP contribution in [0.5, 0.6) is 0 Å². The molecule has 3 aliphatic rings. The van der Waals surface area contributed by atoms with Gasteiger partial charge < -0.3 is 10.1 Å². The first kappa shape index (κ1) is 12.9. The maximum Gasteiger partial charge on any atom is 0.0666 e. The normalized spacial score (nSPS) is 49.5. The van der Waals surface area contributed by atoms with Crippen molar-refractivity contribution in [3.05, 3.63) is 0 Å². The molecule has 18 heavy (non-hydrogen) atoms. The third-order valence-corrected chi connectivity index (χ3v) is 5.77. The van der Waals surface area contributed by atoms with Crippen LogP contribution in [0.2, 0.25) is 0 Å². The highest BCUT2D eigenvalue weighted by atomic mass is 16.5. The smallest absolute Gasteiger partial charge is 0.0666 e. The SMILES string of the molecule is CCC1(C)CC(N2CC3CNCC3C2C)CCO1. The van der Waals surface area contributed by atoms with E-state index >= 15 is 0 Å². The molecule has 3 heteroatoms. The molecule has 3 saturated heterocycles. The van der Waals surface area contributed by atoms with E-state index in [4.69, 9.17) is 4.74 Å². The highest BCUT2D eigenvalue weighted by molar-refractivity contribution is 5.00. The van der Waals surface area contributed by atoms with E-state index in [0.29, 0.717) is 0 Å². The summed E-state index contributed by atoms with van der Waals surface area (Å²) in [6.07, 6.45) is 3.59. The Morgan fingerprint density at radius 1 is 1.39 bits per heavy atom. The number of nitrogens with zero attached hydrogens (tertiary/aromatic N) is 1. The topological polar surface area (TPSA) is 24.5 Å². The fourth-order valence-corrected chi connectivity index (χ4v) is 4.31. The van der Waals surface area contributed by atoms with Gasteiger partial charge in [0.15, 0.2) is 0 Å². The molecule has 0 aromatic rings. The van der Waals surface area contributed by atoms with Crippen molar-refractivity contribution < 1.29 is 4.74 Å². The monoisotopic (exact) mass is 252 g/mol. The van der Waals surface area contributed by atoms with E-state index in [0.717, 1.165) is 36.9 Å². The summed E-state index contributed by atoms with van der Waals surface area (Å²) >= 11 is 0. The predicted octanol–water partition coefficient (Wildman–Crippen LogP) is 1.87. The van der Waals surface area contributed by atoms with Crippen LogP contribution < -0.4 is 5.32 Å². The molecule has 3 nitrogen and oxygen atoms in total. The first-order valence-corrected chi connectivity index (χ1v) is 7.73. The van der Waals surface area contributed by atoms with Gasteiger partial charge in [0.25, 0.3) is 0 Å². The van der Waals surface area contributed by atoms with Crippen molar-refractivity contribution in [3.8, 4) is 0 Å². The largest absolute Gasteiger partial charge is 0.375 e. The van der Waals surface area contributed by atoms with E-state index in [-0.39, 0.29) is 5.60 Å². The number of likely N-dealkylation sites (tertiary alicyclic amines) is 1. The van der Waals surface area contributed by atoms with Crippen LogP contribution in [0.1, 0.15) is 40.0 Å². The molecular formula is C15H28N2O. The summed E-state index contributed by atoms with van der Waals surface area (Å²) in [5, 5.41) is 3.55.